The van der Waals surface area contributed by atoms with Crippen LogP contribution in [0.4, 0.5) is 5.69 Å². The van der Waals surface area contributed by atoms with Crippen LogP contribution in [0.2, 0.25) is 5.02 Å². The molecule has 0 radical (unpaired) electrons. The summed E-state index contributed by atoms with van der Waals surface area (Å²) in [5, 5.41) is 0.337. The second-order valence-electron chi connectivity index (χ2n) is 5.31. The molecule has 1 rings (SSSR count). The van der Waals surface area contributed by atoms with Crippen molar-refractivity contribution in [3.05, 3.63) is 22.7 Å². The molecule has 0 saturated carbocycles. The molecule has 0 aliphatic heterocycles. The highest BCUT2D eigenvalue weighted by Crippen LogP contribution is 2.25. The standard InChI is InChI=1S/C14H23ClN2O3S/c1-10(2)4-6-20-7-5-17-21(18,19)12-8-13(15)11(3)14(16)9-12/h8-10,17H,4-7,16H2,1-3H3. The summed E-state index contributed by atoms with van der Waals surface area (Å²) in [5.41, 5.74) is 6.77. The van der Waals surface area contributed by atoms with E-state index in [1.54, 1.807) is 6.92 Å². The predicted octanol–water partition coefficient (Wildman–Crippen LogP) is 2.57. The number of anilines is 1. The predicted molar refractivity (Wildman–Crippen MR) is 86.1 cm³/mol. The van der Waals surface area contributed by atoms with Crippen LogP contribution < -0.4 is 10.5 Å². The van der Waals surface area contributed by atoms with E-state index in [-0.39, 0.29) is 11.4 Å². The number of nitrogens with one attached hydrogen (secondary N) is 1. The van der Waals surface area contributed by atoms with E-state index >= 15 is 0 Å². The zero-order valence-corrected chi connectivity index (χ0v) is 14.2. The Bertz CT molecular complexity index is 551. The monoisotopic (exact) mass is 334 g/mol. The maximum absolute atomic E-state index is 12.1. The lowest BCUT2D eigenvalue weighted by molar-refractivity contribution is 0.128. The van der Waals surface area contributed by atoms with Crippen molar-refractivity contribution < 1.29 is 13.2 Å². The van der Waals surface area contributed by atoms with E-state index in [9.17, 15) is 8.42 Å². The molecule has 0 aliphatic carbocycles. The van der Waals surface area contributed by atoms with Crippen LogP contribution in [0.25, 0.3) is 0 Å². The van der Waals surface area contributed by atoms with Gasteiger partial charge in [-0.2, -0.15) is 0 Å². The molecule has 21 heavy (non-hydrogen) atoms. The molecular weight excluding hydrogens is 312 g/mol. The van der Waals surface area contributed by atoms with Crippen molar-refractivity contribution in [3.8, 4) is 0 Å². The molecule has 0 spiro atoms. The van der Waals surface area contributed by atoms with Crippen LogP contribution >= 0.6 is 11.6 Å². The van der Waals surface area contributed by atoms with Crippen molar-refractivity contribution in [1.82, 2.24) is 4.72 Å². The topological polar surface area (TPSA) is 81.4 Å². The molecule has 120 valence electrons. The first-order chi connectivity index (χ1) is 9.74. The first-order valence-corrected chi connectivity index (χ1v) is 8.73. The number of benzene rings is 1. The maximum atomic E-state index is 12.1. The molecule has 5 nitrogen and oxygen atoms in total. The molecule has 0 saturated heterocycles. The summed E-state index contributed by atoms with van der Waals surface area (Å²) in [4.78, 5) is 0.0674. The van der Waals surface area contributed by atoms with E-state index < -0.39 is 10.0 Å². The Morgan fingerprint density at radius 2 is 2.00 bits per heavy atom. The fraction of sp³-hybridized carbons (Fsp3) is 0.571. The second-order valence-corrected chi connectivity index (χ2v) is 7.49. The van der Waals surface area contributed by atoms with Gasteiger partial charge in [0.15, 0.2) is 0 Å². The van der Waals surface area contributed by atoms with Gasteiger partial charge in [0.05, 0.1) is 11.5 Å². The second kappa shape index (κ2) is 7.98. The Morgan fingerprint density at radius 3 is 2.57 bits per heavy atom. The lowest BCUT2D eigenvalue weighted by Crippen LogP contribution is -2.27. The number of halogens is 1. The molecule has 0 amide bonds. The van der Waals surface area contributed by atoms with Gasteiger partial charge in [-0.15, -0.1) is 0 Å². The Balaban J connectivity index is 2.54. The summed E-state index contributed by atoms with van der Waals surface area (Å²) >= 11 is 5.96. The van der Waals surface area contributed by atoms with Crippen LogP contribution in [0, 0.1) is 12.8 Å². The molecule has 7 heteroatoms. The van der Waals surface area contributed by atoms with E-state index in [0.717, 1.165) is 6.42 Å². The van der Waals surface area contributed by atoms with Gasteiger partial charge in [0, 0.05) is 23.9 Å². The number of nitrogens with two attached hydrogens (primary N) is 1. The minimum Gasteiger partial charge on any atom is -0.398 e. The minimum absolute atomic E-state index is 0.0674. The van der Waals surface area contributed by atoms with Crippen molar-refractivity contribution in [2.24, 2.45) is 5.92 Å². The van der Waals surface area contributed by atoms with Crippen molar-refractivity contribution in [2.75, 3.05) is 25.5 Å². The Kier molecular flexibility index (Phi) is 6.93. The molecule has 0 aromatic heterocycles. The van der Waals surface area contributed by atoms with Crippen LogP contribution in [-0.2, 0) is 14.8 Å². The van der Waals surface area contributed by atoms with Crippen molar-refractivity contribution >= 4 is 27.3 Å². The fourth-order valence-electron chi connectivity index (χ4n) is 1.58. The summed E-state index contributed by atoms with van der Waals surface area (Å²) in [6, 6.07) is 2.80. The van der Waals surface area contributed by atoms with E-state index in [4.69, 9.17) is 22.1 Å². The maximum Gasteiger partial charge on any atom is 0.240 e. The first kappa shape index (κ1) is 18.2. The molecular formula is C14H23ClN2O3S. The third-order valence-electron chi connectivity index (χ3n) is 3.05. The van der Waals surface area contributed by atoms with Gasteiger partial charge >= 0.3 is 0 Å². The molecule has 3 N–H and O–H groups in total. The van der Waals surface area contributed by atoms with E-state index in [1.165, 1.54) is 12.1 Å². The van der Waals surface area contributed by atoms with Gasteiger partial charge in [-0.3, -0.25) is 0 Å². The van der Waals surface area contributed by atoms with Gasteiger partial charge in [-0.1, -0.05) is 25.4 Å². The van der Waals surface area contributed by atoms with Crippen molar-refractivity contribution in [3.63, 3.8) is 0 Å². The fourth-order valence-corrected chi connectivity index (χ4v) is 2.95. The molecule has 0 unspecified atom stereocenters. The smallest absolute Gasteiger partial charge is 0.240 e. The Hall–Kier alpha value is -0.820. The number of rotatable bonds is 8. The summed E-state index contributed by atoms with van der Waals surface area (Å²) in [5.74, 6) is 0.569. The normalized spacial score (nSPS) is 12.0. The van der Waals surface area contributed by atoms with Crippen LogP contribution in [-0.4, -0.2) is 28.2 Å². The molecule has 0 fully saturated rings. The van der Waals surface area contributed by atoms with Crippen molar-refractivity contribution in [1.29, 1.82) is 0 Å². The van der Waals surface area contributed by atoms with Crippen molar-refractivity contribution in [2.45, 2.75) is 32.1 Å². The van der Waals surface area contributed by atoms with E-state index in [0.29, 0.717) is 35.4 Å². The summed E-state index contributed by atoms with van der Waals surface area (Å²) in [6.07, 6.45) is 0.955. The lowest BCUT2D eigenvalue weighted by atomic mass is 10.1. The van der Waals surface area contributed by atoms with Gasteiger partial charge in [0.1, 0.15) is 0 Å². The van der Waals surface area contributed by atoms with Gasteiger partial charge in [0.2, 0.25) is 10.0 Å². The summed E-state index contributed by atoms with van der Waals surface area (Å²) in [7, 11) is -3.62. The molecule has 1 aromatic rings. The van der Waals surface area contributed by atoms with Crippen LogP contribution in [0.3, 0.4) is 0 Å². The lowest BCUT2D eigenvalue weighted by Gasteiger charge is -2.10. The van der Waals surface area contributed by atoms with E-state index in [1.807, 2.05) is 0 Å². The summed E-state index contributed by atoms with van der Waals surface area (Å²) < 4.78 is 32.1. The van der Waals surface area contributed by atoms with Crippen LogP contribution in [0.15, 0.2) is 17.0 Å². The highest BCUT2D eigenvalue weighted by molar-refractivity contribution is 7.89. The van der Waals surface area contributed by atoms with Gasteiger partial charge in [-0.05, 0) is 37.0 Å². The zero-order valence-electron chi connectivity index (χ0n) is 12.6. The average Bonchev–Trinajstić information content (AvgIpc) is 2.39. The largest absolute Gasteiger partial charge is 0.398 e. The summed E-state index contributed by atoms with van der Waals surface area (Å²) in [6.45, 7) is 7.13. The third kappa shape index (κ3) is 5.82. The number of nitrogen functional groups attached to an aromatic ring is 1. The molecule has 0 atom stereocenters. The van der Waals surface area contributed by atoms with Gasteiger partial charge in [0.25, 0.3) is 0 Å². The number of sulfonamides is 1. The minimum atomic E-state index is -3.62. The Morgan fingerprint density at radius 1 is 1.33 bits per heavy atom. The first-order valence-electron chi connectivity index (χ1n) is 6.87. The van der Waals surface area contributed by atoms with E-state index in [2.05, 4.69) is 18.6 Å². The number of ether oxygens (including phenoxy) is 1. The average molecular weight is 335 g/mol. The number of hydrogen-bond acceptors (Lipinski definition) is 4. The van der Waals surface area contributed by atoms with Gasteiger partial charge < -0.3 is 10.5 Å². The highest BCUT2D eigenvalue weighted by Gasteiger charge is 2.16. The molecule has 0 bridgehead atoms. The van der Waals surface area contributed by atoms with Gasteiger partial charge in [-0.25, -0.2) is 13.1 Å². The molecule has 1 aromatic carbocycles. The Labute approximate surface area is 131 Å². The number of hydrogen-bond donors (Lipinski definition) is 2. The molecule has 0 aliphatic rings. The molecule has 0 heterocycles. The van der Waals surface area contributed by atoms with Crippen LogP contribution in [0.1, 0.15) is 25.8 Å². The zero-order chi connectivity index (χ0) is 16.0. The van der Waals surface area contributed by atoms with Crippen LogP contribution in [0.5, 0.6) is 0 Å². The SMILES string of the molecule is Cc1c(N)cc(S(=O)(=O)NCCOCCC(C)C)cc1Cl. The quantitative estimate of drug-likeness (QED) is 0.565. The highest BCUT2D eigenvalue weighted by atomic mass is 35.5. The third-order valence-corrected chi connectivity index (χ3v) is 4.88.